The second kappa shape index (κ2) is 3.75. The molecule has 0 aliphatic carbocycles. The van der Waals surface area contributed by atoms with Crippen molar-refractivity contribution >= 4 is 23.1 Å². The topological polar surface area (TPSA) is 29.4 Å². The molecule has 1 aromatic rings. The quantitative estimate of drug-likeness (QED) is 0.666. The van der Waals surface area contributed by atoms with E-state index < -0.39 is 0 Å². The van der Waals surface area contributed by atoms with Gasteiger partial charge in [0.2, 0.25) is 0 Å². The Morgan fingerprint density at radius 3 is 2.77 bits per heavy atom. The summed E-state index contributed by atoms with van der Waals surface area (Å²) < 4.78 is 0. The Balaban J connectivity index is 2.24. The van der Waals surface area contributed by atoms with Crippen LogP contribution in [0.1, 0.15) is 5.56 Å². The van der Waals surface area contributed by atoms with E-state index in [0.29, 0.717) is 0 Å². The number of hydrogen-bond donors (Lipinski definition) is 0. The molecule has 0 bridgehead atoms. The molecule has 0 saturated carbocycles. The van der Waals surface area contributed by atoms with E-state index in [4.69, 9.17) is 0 Å². The van der Waals surface area contributed by atoms with Crippen molar-refractivity contribution in [3.05, 3.63) is 35.9 Å². The van der Waals surface area contributed by atoms with E-state index in [0.717, 1.165) is 22.6 Å². The monoisotopic (exact) mass is 191 g/mol. The lowest BCUT2D eigenvalue weighted by molar-refractivity contribution is -0.108. The normalized spacial score (nSPS) is 21.2. The summed E-state index contributed by atoms with van der Waals surface area (Å²) in [7, 11) is 0. The predicted octanol–water partition coefficient (Wildman–Crippen LogP) is 1.75. The smallest absolute Gasteiger partial charge is 0.145 e. The van der Waals surface area contributed by atoms with Gasteiger partial charge in [0.25, 0.3) is 0 Å². The molecule has 1 aliphatic rings. The lowest BCUT2D eigenvalue weighted by Crippen LogP contribution is -2.03. The van der Waals surface area contributed by atoms with Crippen molar-refractivity contribution in [1.29, 1.82) is 0 Å². The minimum atomic E-state index is -0.139. The maximum Gasteiger partial charge on any atom is 0.145 e. The van der Waals surface area contributed by atoms with E-state index >= 15 is 0 Å². The number of rotatable bonds is 2. The molecule has 2 rings (SSSR count). The van der Waals surface area contributed by atoms with Gasteiger partial charge in [0.1, 0.15) is 12.3 Å². The molecular formula is C10H9NOS. The predicted molar refractivity (Wildman–Crippen MR) is 55.3 cm³/mol. The van der Waals surface area contributed by atoms with Crippen molar-refractivity contribution < 1.29 is 4.79 Å². The average Bonchev–Trinajstić information content (AvgIpc) is 2.67. The second-order valence-electron chi connectivity index (χ2n) is 2.81. The number of hydrogen-bond acceptors (Lipinski definition) is 3. The van der Waals surface area contributed by atoms with Crippen molar-refractivity contribution in [3.63, 3.8) is 0 Å². The van der Waals surface area contributed by atoms with E-state index in [1.54, 1.807) is 11.8 Å². The van der Waals surface area contributed by atoms with Crippen LogP contribution >= 0.6 is 11.8 Å². The molecule has 13 heavy (non-hydrogen) atoms. The van der Waals surface area contributed by atoms with E-state index in [1.807, 2.05) is 30.3 Å². The van der Waals surface area contributed by atoms with Crippen LogP contribution in [0.4, 0.5) is 0 Å². The first-order valence-corrected chi connectivity index (χ1v) is 5.10. The van der Waals surface area contributed by atoms with Crippen LogP contribution in [0.25, 0.3) is 0 Å². The van der Waals surface area contributed by atoms with Gasteiger partial charge in [0.15, 0.2) is 0 Å². The molecule has 3 heteroatoms. The minimum absolute atomic E-state index is 0.139. The SMILES string of the molecule is O=CC1CSC(c2ccccc2)=N1. The summed E-state index contributed by atoms with van der Waals surface area (Å²) in [6.07, 6.45) is 0.906. The molecule has 1 aromatic carbocycles. The Morgan fingerprint density at radius 2 is 2.15 bits per heavy atom. The summed E-state index contributed by atoms with van der Waals surface area (Å²) in [6, 6.07) is 9.82. The molecule has 66 valence electrons. The van der Waals surface area contributed by atoms with Gasteiger partial charge >= 0.3 is 0 Å². The van der Waals surface area contributed by atoms with E-state index in [9.17, 15) is 4.79 Å². The van der Waals surface area contributed by atoms with Crippen LogP contribution in [0.2, 0.25) is 0 Å². The van der Waals surface area contributed by atoms with Gasteiger partial charge in [0.05, 0.1) is 5.04 Å². The number of nitrogens with zero attached hydrogens (tertiary/aromatic N) is 1. The third-order valence-electron chi connectivity index (χ3n) is 1.85. The van der Waals surface area contributed by atoms with Crippen LogP contribution in [0, 0.1) is 0 Å². The number of carbonyl (C=O) groups is 1. The largest absolute Gasteiger partial charge is 0.301 e. The molecule has 0 fully saturated rings. The van der Waals surface area contributed by atoms with E-state index in [-0.39, 0.29) is 6.04 Å². The highest BCUT2D eigenvalue weighted by Gasteiger charge is 2.17. The van der Waals surface area contributed by atoms with Gasteiger partial charge in [-0.3, -0.25) is 4.99 Å². The zero-order valence-electron chi connectivity index (χ0n) is 7.01. The summed E-state index contributed by atoms with van der Waals surface area (Å²) in [5.41, 5.74) is 1.11. The third kappa shape index (κ3) is 1.80. The van der Waals surface area contributed by atoms with Crippen molar-refractivity contribution in [2.24, 2.45) is 4.99 Å². The molecule has 1 heterocycles. The highest BCUT2D eigenvalue weighted by atomic mass is 32.2. The molecule has 0 N–H and O–H groups in total. The molecule has 1 aliphatic heterocycles. The summed E-state index contributed by atoms with van der Waals surface area (Å²) in [5, 5.41) is 0.984. The second-order valence-corrected chi connectivity index (χ2v) is 3.82. The van der Waals surface area contributed by atoms with Crippen LogP contribution in [0.5, 0.6) is 0 Å². The molecule has 0 amide bonds. The standard InChI is InChI=1S/C10H9NOS/c12-6-9-7-13-10(11-9)8-4-2-1-3-5-8/h1-6,9H,7H2. The molecule has 1 unspecified atom stereocenters. The first-order chi connectivity index (χ1) is 6.40. The fraction of sp³-hybridized carbons (Fsp3) is 0.200. The van der Waals surface area contributed by atoms with Crippen LogP contribution < -0.4 is 0 Å². The zero-order valence-corrected chi connectivity index (χ0v) is 7.83. The van der Waals surface area contributed by atoms with Crippen molar-refractivity contribution in [1.82, 2.24) is 0 Å². The Hall–Kier alpha value is -1.09. The maximum atomic E-state index is 10.5. The Labute approximate surface area is 81.1 Å². The Bertz CT molecular complexity index is 334. The van der Waals surface area contributed by atoms with Gasteiger partial charge < -0.3 is 4.79 Å². The molecule has 0 aromatic heterocycles. The zero-order chi connectivity index (χ0) is 9.10. The number of aldehydes is 1. The number of benzene rings is 1. The highest BCUT2D eigenvalue weighted by Crippen LogP contribution is 2.22. The first-order valence-electron chi connectivity index (χ1n) is 4.11. The van der Waals surface area contributed by atoms with Gasteiger partial charge in [-0.05, 0) is 0 Å². The number of thioether (sulfide) groups is 1. The van der Waals surface area contributed by atoms with Gasteiger partial charge in [-0.25, -0.2) is 0 Å². The molecular weight excluding hydrogens is 182 g/mol. The van der Waals surface area contributed by atoms with Crippen LogP contribution in [0.3, 0.4) is 0 Å². The van der Waals surface area contributed by atoms with Crippen molar-refractivity contribution in [2.45, 2.75) is 6.04 Å². The lowest BCUT2D eigenvalue weighted by Gasteiger charge is -1.96. The molecule has 0 spiro atoms. The maximum absolute atomic E-state index is 10.5. The van der Waals surface area contributed by atoms with Gasteiger partial charge in [-0.1, -0.05) is 30.3 Å². The number of aliphatic imine (C=N–C) groups is 1. The van der Waals surface area contributed by atoms with Gasteiger partial charge in [-0.2, -0.15) is 0 Å². The Morgan fingerprint density at radius 1 is 1.38 bits per heavy atom. The summed E-state index contributed by atoms with van der Waals surface area (Å²) in [5.74, 6) is 0.785. The van der Waals surface area contributed by atoms with Crippen LogP contribution in [-0.4, -0.2) is 23.1 Å². The van der Waals surface area contributed by atoms with Gasteiger partial charge in [0, 0.05) is 11.3 Å². The fourth-order valence-corrected chi connectivity index (χ4v) is 2.19. The lowest BCUT2D eigenvalue weighted by atomic mass is 10.2. The molecule has 2 nitrogen and oxygen atoms in total. The fourth-order valence-electron chi connectivity index (χ4n) is 1.20. The minimum Gasteiger partial charge on any atom is -0.301 e. The summed E-state index contributed by atoms with van der Waals surface area (Å²) >= 11 is 1.65. The highest BCUT2D eigenvalue weighted by molar-refractivity contribution is 8.14. The average molecular weight is 191 g/mol. The summed E-state index contributed by atoms with van der Waals surface area (Å²) in [4.78, 5) is 14.8. The summed E-state index contributed by atoms with van der Waals surface area (Å²) in [6.45, 7) is 0. The van der Waals surface area contributed by atoms with E-state index in [2.05, 4.69) is 4.99 Å². The van der Waals surface area contributed by atoms with Crippen molar-refractivity contribution in [2.75, 3.05) is 5.75 Å². The molecule has 1 atom stereocenters. The van der Waals surface area contributed by atoms with Crippen LogP contribution in [0.15, 0.2) is 35.3 Å². The third-order valence-corrected chi connectivity index (χ3v) is 2.97. The van der Waals surface area contributed by atoms with Gasteiger partial charge in [-0.15, -0.1) is 11.8 Å². The number of carbonyl (C=O) groups excluding carboxylic acids is 1. The molecule has 0 saturated heterocycles. The Kier molecular flexibility index (Phi) is 2.45. The molecule has 0 radical (unpaired) electrons. The van der Waals surface area contributed by atoms with Crippen molar-refractivity contribution in [3.8, 4) is 0 Å². The first kappa shape index (κ1) is 8.51. The van der Waals surface area contributed by atoms with Crippen LogP contribution in [-0.2, 0) is 4.79 Å². The van der Waals surface area contributed by atoms with E-state index in [1.165, 1.54) is 0 Å².